The molecule has 0 spiro atoms. The van der Waals surface area contributed by atoms with Gasteiger partial charge in [-0.15, -0.1) is 0 Å². The summed E-state index contributed by atoms with van der Waals surface area (Å²) in [6.45, 7) is 3.20. The molecule has 0 aliphatic carbocycles. The first kappa shape index (κ1) is 11.4. The van der Waals surface area contributed by atoms with Crippen molar-refractivity contribution in [2.24, 2.45) is 0 Å². The van der Waals surface area contributed by atoms with Gasteiger partial charge in [-0.2, -0.15) is 0 Å². The molecule has 1 heterocycles. The molecule has 1 aliphatic heterocycles. The predicted octanol–water partition coefficient (Wildman–Crippen LogP) is -0.920. The average molecular weight is 202 g/mol. The highest BCUT2D eigenvalue weighted by molar-refractivity contribution is 5.81. The van der Waals surface area contributed by atoms with E-state index < -0.39 is 0 Å². The van der Waals surface area contributed by atoms with E-state index in [1.54, 1.807) is 19.1 Å². The molecule has 1 atom stereocenters. The van der Waals surface area contributed by atoms with Crippen LogP contribution in [0.2, 0.25) is 0 Å². The maximum atomic E-state index is 11.7. The van der Waals surface area contributed by atoms with Gasteiger partial charge >= 0.3 is 0 Å². The Hall–Kier alpha value is -0.650. The molecule has 0 aromatic carbocycles. The van der Waals surface area contributed by atoms with E-state index in [0.29, 0.717) is 26.3 Å². The third kappa shape index (κ3) is 3.25. The van der Waals surface area contributed by atoms with Gasteiger partial charge in [-0.25, -0.2) is 0 Å². The largest absolute Gasteiger partial charge is 0.383 e. The molecule has 0 aromatic rings. The van der Waals surface area contributed by atoms with E-state index in [0.717, 1.165) is 6.54 Å². The van der Waals surface area contributed by atoms with Crippen LogP contribution in [0, 0.1) is 0 Å². The number of likely N-dealkylation sites (N-methyl/N-ethyl adjacent to an activating group) is 1. The van der Waals surface area contributed by atoms with Gasteiger partial charge in [0.25, 0.3) is 5.91 Å². The molecule has 1 rings (SSSR count). The number of hydrogen-bond donors (Lipinski definition) is 1. The second-order valence-corrected chi connectivity index (χ2v) is 3.32. The lowest BCUT2D eigenvalue weighted by Crippen LogP contribution is -2.48. The smallest absolute Gasteiger partial charge is 0.252 e. The minimum atomic E-state index is -0.328. The molecule has 82 valence electrons. The number of morpholine rings is 1. The molecule has 0 aromatic heterocycles. The SMILES string of the molecule is COCCN(C)C(=O)[C@H]1CNCCO1. The summed E-state index contributed by atoms with van der Waals surface area (Å²) in [4.78, 5) is 13.3. The maximum Gasteiger partial charge on any atom is 0.252 e. The zero-order valence-corrected chi connectivity index (χ0v) is 8.78. The standard InChI is InChI=1S/C9H18N2O3/c1-11(4-6-13-2)9(12)8-7-10-3-5-14-8/h8,10H,3-7H2,1-2H3/t8-/m1/s1. The monoisotopic (exact) mass is 202 g/mol. The number of carbonyl (C=O) groups is 1. The van der Waals surface area contributed by atoms with Gasteiger partial charge in [0, 0.05) is 33.8 Å². The van der Waals surface area contributed by atoms with Crippen LogP contribution in [0.5, 0.6) is 0 Å². The number of nitrogens with one attached hydrogen (secondary N) is 1. The molecule has 1 saturated heterocycles. The molecular formula is C9H18N2O3. The van der Waals surface area contributed by atoms with Crippen LogP contribution < -0.4 is 5.32 Å². The van der Waals surface area contributed by atoms with E-state index in [-0.39, 0.29) is 12.0 Å². The summed E-state index contributed by atoms with van der Waals surface area (Å²) in [5, 5.41) is 3.12. The fourth-order valence-corrected chi connectivity index (χ4v) is 1.31. The van der Waals surface area contributed by atoms with E-state index in [2.05, 4.69) is 5.32 Å². The highest BCUT2D eigenvalue weighted by Crippen LogP contribution is 2.00. The maximum absolute atomic E-state index is 11.7. The van der Waals surface area contributed by atoms with E-state index >= 15 is 0 Å². The minimum absolute atomic E-state index is 0.0225. The van der Waals surface area contributed by atoms with Gasteiger partial charge in [0.2, 0.25) is 0 Å². The summed E-state index contributed by atoms with van der Waals surface area (Å²) in [5.41, 5.74) is 0. The van der Waals surface area contributed by atoms with Gasteiger partial charge in [-0.05, 0) is 0 Å². The Kier molecular flexibility index (Phi) is 4.86. The number of rotatable bonds is 4. The molecule has 14 heavy (non-hydrogen) atoms. The van der Waals surface area contributed by atoms with Crippen LogP contribution in [0.25, 0.3) is 0 Å². The summed E-state index contributed by atoms with van der Waals surface area (Å²) in [6, 6.07) is 0. The fourth-order valence-electron chi connectivity index (χ4n) is 1.31. The van der Waals surface area contributed by atoms with Gasteiger partial charge in [-0.1, -0.05) is 0 Å². The second-order valence-electron chi connectivity index (χ2n) is 3.32. The second kappa shape index (κ2) is 5.95. The Balaban J connectivity index is 2.30. The van der Waals surface area contributed by atoms with Crippen molar-refractivity contribution in [3.8, 4) is 0 Å². The van der Waals surface area contributed by atoms with Gasteiger partial charge in [0.1, 0.15) is 6.10 Å². The van der Waals surface area contributed by atoms with Gasteiger partial charge < -0.3 is 19.7 Å². The molecule has 0 saturated carbocycles. The van der Waals surface area contributed by atoms with Crippen molar-refractivity contribution >= 4 is 5.91 Å². The van der Waals surface area contributed by atoms with Crippen molar-refractivity contribution in [1.82, 2.24) is 10.2 Å². The van der Waals surface area contributed by atoms with Crippen molar-refractivity contribution in [2.75, 3.05) is 47.0 Å². The van der Waals surface area contributed by atoms with Crippen LogP contribution in [0.3, 0.4) is 0 Å². The number of methoxy groups -OCH3 is 1. The number of nitrogens with zero attached hydrogens (tertiary/aromatic N) is 1. The molecule has 1 amide bonds. The highest BCUT2D eigenvalue weighted by atomic mass is 16.5. The highest BCUT2D eigenvalue weighted by Gasteiger charge is 2.24. The predicted molar refractivity (Wildman–Crippen MR) is 52.1 cm³/mol. The zero-order valence-electron chi connectivity index (χ0n) is 8.78. The fraction of sp³-hybridized carbons (Fsp3) is 0.889. The zero-order chi connectivity index (χ0) is 10.4. The van der Waals surface area contributed by atoms with E-state index in [1.807, 2.05) is 0 Å². The number of amides is 1. The summed E-state index contributed by atoms with van der Waals surface area (Å²) in [7, 11) is 3.39. The van der Waals surface area contributed by atoms with E-state index in [4.69, 9.17) is 9.47 Å². The van der Waals surface area contributed by atoms with Gasteiger partial charge in [-0.3, -0.25) is 4.79 Å². The first-order chi connectivity index (χ1) is 6.75. The normalized spacial score (nSPS) is 22.0. The molecule has 0 radical (unpaired) electrons. The molecule has 1 aliphatic rings. The Labute approximate surface area is 84.4 Å². The number of carbonyl (C=O) groups excluding carboxylic acids is 1. The number of ether oxygens (including phenoxy) is 2. The van der Waals surface area contributed by atoms with E-state index in [9.17, 15) is 4.79 Å². The average Bonchev–Trinajstić information content (AvgIpc) is 2.26. The quantitative estimate of drug-likeness (QED) is 0.640. The molecule has 0 unspecified atom stereocenters. The molecule has 1 fully saturated rings. The lowest BCUT2D eigenvalue weighted by molar-refractivity contribution is -0.144. The molecular weight excluding hydrogens is 184 g/mol. The van der Waals surface area contributed by atoms with Crippen molar-refractivity contribution in [2.45, 2.75) is 6.10 Å². The Morgan fingerprint density at radius 1 is 1.71 bits per heavy atom. The molecule has 5 heteroatoms. The number of hydrogen-bond acceptors (Lipinski definition) is 4. The Morgan fingerprint density at radius 2 is 2.50 bits per heavy atom. The minimum Gasteiger partial charge on any atom is -0.383 e. The molecule has 5 nitrogen and oxygen atoms in total. The lowest BCUT2D eigenvalue weighted by Gasteiger charge is -2.27. The summed E-state index contributed by atoms with van der Waals surface area (Å²) in [6.07, 6.45) is -0.328. The lowest BCUT2D eigenvalue weighted by atomic mass is 10.2. The molecule has 1 N–H and O–H groups in total. The third-order valence-electron chi connectivity index (χ3n) is 2.21. The topological polar surface area (TPSA) is 50.8 Å². The van der Waals surface area contributed by atoms with Crippen LogP contribution >= 0.6 is 0 Å². The summed E-state index contributed by atoms with van der Waals surface area (Å²) < 4.78 is 10.2. The molecule has 0 bridgehead atoms. The summed E-state index contributed by atoms with van der Waals surface area (Å²) >= 11 is 0. The van der Waals surface area contributed by atoms with Crippen molar-refractivity contribution < 1.29 is 14.3 Å². The van der Waals surface area contributed by atoms with Crippen LogP contribution in [-0.2, 0) is 14.3 Å². The van der Waals surface area contributed by atoms with Crippen LogP contribution in [0.1, 0.15) is 0 Å². The van der Waals surface area contributed by atoms with Crippen molar-refractivity contribution in [3.63, 3.8) is 0 Å². The van der Waals surface area contributed by atoms with Crippen LogP contribution in [0.15, 0.2) is 0 Å². The first-order valence-electron chi connectivity index (χ1n) is 4.82. The van der Waals surface area contributed by atoms with Crippen molar-refractivity contribution in [1.29, 1.82) is 0 Å². The summed E-state index contributed by atoms with van der Waals surface area (Å²) in [5.74, 6) is 0.0225. The third-order valence-corrected chi connectivity index (χ3v) is 2.21. The Morgan fingerprint density at radius 3 is 3.07 bits per heavy atom. The van der Waals surface area contributed by atoms with Gasteiger partial charge in [0.15, 0.2) is 0 Å². The Bertz CT molecular complexity index is 181. The van der Waals surface area contributed by atoms with E-state index in [1.165, 1.54) is 0 Å². The van der Waals surface area contributed by atoms with Crippen LogP contribution in [-0.4, -0.2) is 63.9 Å². The first-order valence-corrected chi connectivity index (χ1v) is 4.82. The van der Waals surface area contributed by atoms with Crippen LogP contribution in [0.4, 0.5) is 0 Å². The van der Waals surface area contributed by atoms with Crippen molar-refractivity contribution in [3.05, 3.63) is 0 Å². The van der Waals surface area contributed by atoms with Gasteiger partial charge in [0.05, 0.1) is 13.2 Å².